The number of likely N-dealkylation sites (tertiary alicyclic amines) is 1. The lowest BCUT2D eigenvalue weighted by Crippen LogP contribution is -2.45. The van der Waals surface area contributed by atoms with Crippen LogP contribution in [0.4, 0.5) is 13.2 Å². The maximum Gasteiger partial charge on any atom is 0.490 e. The van der Waals surface area contributed by atoms with Crippen LogP contribution in [0, 0.1) is 6.92 Å². The molecule has 5 rings (SSSR count). The van der Waals surface area contributed by atoms with E-state index in [1.807, 2.05) is 28.8 Å². The second-order valence-electron chi connectivity index (χ2n) is 8.63. The average molecular weight is 529 g/mol. The van der Waals surface area contributed by atoms with Gasteiger partial charge < -0.3 is 5.11 Å². The summed E-state index contributed by atoms with van der Waals surface area (Å²) in [5, 5.41) is 13.8. The van der Waals surface area contributed by atoms with E-state index in [1.165, 1.54) is 14.4 Å². The number of nitrogens with zero attached hydrogens (tertiary/aromatic N) is 4. The summed E-state index contributed by atoms with van der Waals surface area (Å²) >= 11 is 3.42. The summed E-state index contributed by atoms with van der Waals surface area (Å²) < 4.78 is 34.7. The first-order valence-electron chi connectivity index (χ1n) is 10.8. The lowest BCUT2D eigenvalue weighted by Gasteiger charge is -2.23. The van der Waals surface area contributed by atoms with E-state index in [-0.39, 0.29) is 5.41 Å². The fourth-order valence-corrected chi connectivity index (χ4v) is 6.12. The van der Waals surface area contributed by atoms with Gasteiger partial charge in [-0.2, -0.15) is 18.3 Å². The van der Waals surface area contributed by atoms with Gasteiger partial charge in [-0.15, -0.1) is 22.7 Å². The molecule has 3 aromatic heterocycles. The van der Waals surface area contributed by atoms with E-state index in [4.69, 9.17) is 15.0 Å². The number of carboxylic acids is 1. The number of alkyl halides is 3. The van der Waals surface area contributed by atoms with Gasteiger partial charge in [-0.1, -0.05) is 6.07 Å². The van der Waals surface area contributed by atoms with E-state index in [0.717, 1.165) is 43.2 Å². The molecule has 1 fully saturated rings. The zero-order valence-corrected chi connectivity index (χ0v) is 20.4. The summed E-state index contributed by atoms with van der Waals surface area (Å²) in [5.41, 5.74) is -1.06. The molecule has 8 nitrogen and oxygen atoms in total. The van der Waals surface area contributed by atoms with Gasteiger partial charge in [0.15, 0.2) is 0 Å². The Balaban J connectivity index is 0.000000364. The third kappa shape index (κ3) is 5.41. The molecule has 0 aromatic carbocycles. The van der Waals surface area contributed by atoms with E-state index < -0.39 is 23.3 Å². The van der Waals surface area contributed by atoms with Gasteiger partial charge in [0.05, 0.1) is 6.54 Å². The largest absolute Gasteiger partial charge is 0.490 e. The molecule has 1 unspecified atom stereocenters. The molecule has 1 saturated heterocycles. The van der Waals surface area contributed by atoms with Crippen LogP contribution in [0.15, 0.2) is 39.2 Å². The van der Waals surface area contributed by atoms with Crippen LogP contribution in [0.3, 0.4) is 0 Å². The number of halogens is 3. The highest BCUT2D eigenvalue weighted by molar-refractivity contribution is 7.11. The Morgan fingerprint density at radius 2 is 1.83 bits per heavy atom. The van der Waals surface area contributed by atoms with Gasteiger partial charge in [0.1, 0.15) is 5.82 Å². The predicted molar refractivity (Wildman–Crippen MR) is 125 cm³/mol. The predicted octanol–water partition coefficient (Wildman–Crippen LogP) is 3.07. The fourth-order valence-electron chi connectivity index (χ4n) is 4.50. The van der Waals surface area contributed by atoms with Crippen LogP contribution in [0.2, 0.25) is 0 Å². The van der Waals surface area contributed by atoms with Gasteiger partial charge in [-0.25, -0.2) is 9.48 Å². The minimum atomic E-state index is -5.08. The Morgan fingerprint density at radius 1 is 1.11 bits per heavy atom. The topological polar surface area (TPSA) is 97.4 Å². The van der Waals surface area contributed by atoms with E-state index in [1.54, 1.807) is 15.9 Å². The van der Waals surface area contributed by atoms with Crippen molar-refractivity contribution in [3.63, 3.8) is 0 Å². The molecule has 3 aromatic rings. The van der Waals surface area contributed by atoms with Crippen LogP contribution in [-0.4, -0.2) is 49.6 Å². The van der Waals surface area contributed by atoms with Crippen molar-refractivity contribution in [1.82, 2.24) is 19.2 Å². The number of hydrogen-bond acceptors (Lipinski definition) is 7. The van der Waals surface area contributed by atoms with Gasteiger partial charge in [-0.3, -0.25) is 19.1 Å². The first-order chi connectivity index (χ1) is 16.5. The summed E-state index contributed by atoms with van der Waals surface area (Å²) in [5.74, 6) is -1.95. The van der Waals surface area contributed by atoms with Crippen molar-refractivity contribution in [2.75, 3.05) is 13.1 Å². The number of aryl methyl sites for hydroxylation is 1. The molecule has 0 aliphatic carbocycles. The van der Waals surface area contributed by atoms with Crippen LogP contribution in [-0.2, 0) is 29.8 Å². The molecule has 2 aliphatic heterocycles. The van der Waals surface area contributed by atoms with Gasteiger partial charge in [0.25, 0.3) is 0 Å². The minimum Gasteiger partial charge on any atom is -0.475 e. The van der Waals surface area contributed by atoms with Gasteiger partial charge in [-0.05, 0) is 49.9 Å². The Morgan fingerprint density at radius 3 is 2.43 bits per heavy atom. The number of carbonyl (C=O) groups is 1. The van der Waals surface area contributed by atoms with Crippen molar-refractivity contribution in [3.8, 4) is 0 Å². The van der Waals surface area contributed by atoms with Gasteiger partial charge >= 0.3 is 23.3 Å². The molecule has 0 radical (unpaired) electrons. The van der Waals surface area contributed by atoms with Gasteiger partial charge in [0, 0.05) is 39.7 Å². The molecule has 0 saturated carbocycles. The number of aliphatic carboxylic acids is 1. The normalized spacial score (nSPS) is 19.5. The standard InChI is InChI=1S/C20H22N4O2S2.C2HF3O2/c1-14-4-5-16(28-14)11-22-8-6-20(13-22)7-9-23-17(25)18(26)24(21-19(20)23)12-15-3-2-10-27-15;3-2(4,5)1(6)7/h2-5,10H,6-9,11-13H2,1H3;(H,6,7). The molecule has 1 N–H and O–H groups in total. The minimum absolute atomic E-state index is 0.115. The van der Waals surface area contributed by atoms with Crippen LogP contribution in [0.25, 0.3) is 0 Å². The van der Waals surface area contributed by atoms with Crippen molar-refractivity contribution in [1.29, 1.82) is 0 Å². The molecule has 1 spiro atoms. The first kappa shape index (κ1) is 25.3. The molecule has 2 aliphatic rings. The van der Waals surface area contributed by atoms with Crippen molar-refractivity contribution in [2.45, 2.75) is 51.0 Å². The lowest BCUT2D eigenvalue weighted by molar-refractivity contribution is -0.192. The number of hydrogen-bond donors (Lipinski definition) is 1. The molecule has 0 bridgehead atoms. The highest BCUT2D eigenvalue weighted by Crippen LogP contribution is 2.41. The lowest BCUT2D eigenvalue weighted by atomic mass is 9.85. The van der Waals surface area contributed by atoms with E-state index in [9.17, 15) is 22.8 Å². The average Bonchev–Trinajstić information content (AvgIpc) is 3.57. The van der Waals surface area contributed by atoms with E-state index in [2.05, 4.69) is 24.0 Å². The third-order valence-electron chi connectivity index (χ3n) is 6.16. The van der Waals surface area contributed by atoms with Crippen molar-refractivity contribution < 1.29 is 23.1 Å². The summed E-state index contributed by atoms with van der Waals surface area (Å²) in [4.78, 5) is 40.3. The van der Waals surface area contributed by atoms with Crippen LogP contribution in [0.5, 0.6) is 0 Å². The Kier molecular flexibility index (Phi) is 7.02. The molecular weight excluding hydrogens is 505 g/mol. The van der Waals surface area contributed by atoms with Crippen LogP contribution < -0.4 is 11.1 Å². The van der Waals surface area contributed by atoms with Crippen molar-refractivity contribution in [2.24, 2.45) is 0 Å². The second kappa shape index (κ2) is 9.70. The Labute approximate surface area is 205 Å². The summed E-state index contributed by atoms with van der Waals surface area (Å²) in [6.07, 6.45) is -3.21. The molecule has 35 heavy (non-hydrogen) atoms. The van der Waals surface area contributed by atoms with Gasteiger partial charge in [0.2, 0.25) is 0 Å². The number of thiophene rings is 2. The quantitative estimate of drug-likeness (QED) is 0.523. The van der Waals surface area contributed by atoms with E-state index >= 15 is 0 Å². The molecule has 5 heterocycles. The zero-order chi connectivity index (χ0) is 25.4. The van der Waals surface area contributed by atoms with Crippen molar-refractivity contribution in [3.05, 3.63) is 70.8 Å². The number of fused-ring (bicyclic) bond motifs is 2. The fraction of sp³-hybridized carbons (Fsp3) is 0.455. The second-order valence-corrected chi connectivity index (χ2v) is 11.0. The first-order valence-corrected chi connectivity index (χ1v) is 12.5. The Bertz CT molecular complexity index is 1330. The smallest absolute Gasteiger partial charge is 0.475 e. The summed E-state index contributed by atoms with van der Waals surface area (Å²) in [7, 11) is 0. The third-order valence-corrected chi connectivity index (χ3v) is 8.01. The maximum absolute atomic E-state index is 12.7. The summed E-state index contributed by atoms with van der Waals surface area (Å²) in [6.45, 7) is 5.94. The number of aromatic nitrogens is 3. The monoisotopic (exact) mass is 528 g/mol. The molecule has 0 amide bonds. The zero-order valence-electron chi connectivity index (χ0n) is 18.7. The summed E-state index contributed by atoms with van der Waals surface area (Å²) in [6, 6.07) is 8.30. The molecule has 188 valence electrons. The maximum atomic E-state index is 12.7. The molecule has 13 heteroatoms. The number of rotatable bonds is 4. The molecule has 1 atom stereocenters. The SMILES string of the molecule is Cc1ccc(CN2CCC3(CCn4c3nn(Cc3cccs3)c(=O)c4=O)C2)s1.O=C(O)C(F)(F)F. The van der Waals surface area contributed by atoms with Crippen molar-refractivity contribution >= 4 is 28.6 Å². The van der Waals surface area contributed by atoms with Crippen LogP contribution >= 0.6 is 22.7 Å². The highest BCUT2D eigenvalue weighted by atomic mass is 32.1. The van der Waals surface area contributed by atoms with Crippen LogP contribution in [0.1, 0.15) is 33.3 Å². The van der Waals surface area contributed by atoms with E-state index in [0.29, 0.717) is 13.1 Å². The highest BCUT2D eigenvalue weighted by Gasteiger charge is 2.47. The molecular formula is C22H23F3N4O4S2. The number of carboxylic acid groups (broad SMARTS) is 1. The Hall–Kier alpha value is -2.77.